The molecule has 0 aliphatic heterocycles. The fourth-order valence-corrected chi connectivity index (χ4v) is 3.51. The van der Waals surface area contributed by atoms with Crippen LogP contribution in [-0.2, 0) is 10.0 Å². The molecule has 2 aromatic carbocycles. The lowest BCUT2D eigenvalue weighted by Gasteiger charge is -2.14. The van der Waals surface area contributed by atoms with E-state index in [-0.39, 0.29) is 34.3 Å². The van der Waals surface area contributed by atoms with Gasteiger partial charge in [0.2, 0.25) is 0 Å². The SMILES string of the molecule is COc1cc(NS(=O)(=O)c2cc(C(=O)N=C(N)N)ccc2OC)cc(OC)c1.Cl. The number of benzene rings is 2. The third kappa shape index (κ3) is 5.90. The van der Waals surface area contributed by atoms with Crippen LogP contribution in [0.5, 0.6) is 17.2 Å². The Bertz CT molecular complexity index is 1000. The molecule has 12 heteroatoms. The molecule has 2 rings (SSSR count). The zero-order valence-corrected chi connectivity index (χ0v) is 17.5. The van der Waals surface area contributed by atoms with E-state index >= 15 is 0 Å². The minimum Gasteiger partial charge on any atom is -0.497 e. The lowest BCUT2D eigenvalue weighted by atomic mass is 10.2. The smallest absolute Gasteiger partial charge is 0.280 e. The average molecular weight is 445 g/mol. The Hall–Kier alpha value is -3.18. The number of rotatable bonds is 7. The number of sulfonamides is 1. The van der Waals surface area contributed by atoms with Crippen molar-refractivity contribution in [3.63, 3.8) is 0 Å². The van der Waals surface area contributed by atoms with E-state index in [1.165, 1.54) is 45.6 Å². The summed E-state index contributed by atoms with van der Waals surface area (Å²) in [4.78, 5) is 15.2. The molecule has 0 atom stereocenters. The van der Waals surface area contributed by atoms with Gasteiger partial charge in [-0.1, -0.05) is 0 Å². The standard InChI is InChI=1S/C17H20N4O6S.ClH/c1-25-12-7-11(8-13(9-12)26-2)21-28(23,24)15-6-10(4-5-14(15)27-3)16(22)20-17(18)19;/h4-9,21H,1-3H3,(H4,18,19,20,22);1H. The molecule has 0 fully saturated rings. The Labute approximate surface area is 174 Å². The van der Waals surface area contributed by atoms with Crippen LogP contribution in [0.25, 0.3) is 0 Å². The van der Waals surface area contributed by atoms with Gasteiger partial charge in [0, 0.05) is 23.8 Å². The summed E-state index contributed by atoms with van der Waals surface area (Å²) < 4.78 is 43.6. The normalized spacial score (nSPS) is 10.3. The molecule has 5 N–H and O–H groups in total. The van der Waals surface area contributed by atoms with Gasteiger partial charge in [-0.3, -0.25) is 9.52 Å². The molecule has 0 heterocycles. The molecule has 2 aromatic rings. The molecule has 0 aliphatic rings. The van der Waals surface area contributed by atoms with E-state index in [1.54, 1.807) is 6.07 Å². The zero-order valence-electron chi connectivity index (χ0n) is 15.8. The van der Waals surface area contributed by atoms with Crippen LogP contribution >= 0.6 is 12.4 Å². The molecule has 0 aliphatic carbocycles. The summed E-state index contributed by atoms with van der Waals surface area (Å²) in [6.45, 7) is 0. The van der Waals surface area contributed by atoms with E-state index in [2.05, 4.69) is 9.71 Å². The van der Waals surface area contributed by atoms with Crippen molar-refractivity contribution in [2.75, 3.05) is 26.1 Å². The second-order valence-corrected chi connectivity index (χ2v) is 7.07. The van der Waals surface area contributed by atoms with Crippen LogP contribution in [0.1, 0.15) is 10.4 Å². The van der Waals surface area contributed by atoms with E-state index in [0.29, 0.717) is 11.5 Å². The number of hydrogen-bond acceptors (Lipinski definition) is 6. The van der Waals surface area contributed by atoms with Gasteiger partial charge in [0.25, 0.3) is 15.9 Å². The predicted octanol–water partition coefficient (Wildman–Crippen LogP) is 1.35. The van der Waals surface area contributed by atoms with Gasteiger partial charge in [-0.05, 0) is 18.2 Å². The Morgan fingerprint density at radius 3 is 2.03 bits per heavy atom. The van der Waals surface area contributed by atoms with Crippen LogP contribution in [0, 0.1) is 0 Å². The maximum atomic E-state index is 12.9. The highest BCUT2D eigenvalue weighted by molar-refractivity contribution is 7.92. The summed E-state index contributed by atoms with van der Waals surface area (Å²) in [5.41, 5.74) is 10.6. The minimum atomic E-state index is -4.14. The van der Waals surface area contributed by atoms with Crippen molar-refractivity contribution >= 4 is 40.0 Å². The third-order valence-corrected chi connectivity index (χ3v) is 4.94. The third-order valence-electron chi connectivity index (χ3n) is 3.53. The van der Waals surface area contributed by atoms with Crippen molar-refractivity contribution in [2.45, 2.75) is 4.90 Å². The molecule has 0 aromatic heterocycles. The topological polar surface area (TPSA) is 155 Å². The van der Waals surface area contributed by atoms with Gasteiger partial charge in [-0.15, -0.1) is 12.4 Å². The molecule has 0 saturated carbocycles. The van der Waals surface area contributed by atoms with Crippen molar-refractivity contribution in [1.82, 2.24) is 0 Å². The number of guanidine groups is 1. The highest BCUT2D eigenvalue weighted by Crippen LogP contribution is 2.30. The number of nitrogens with two attached hydrogens (primary N) is 2. The summed E-state index contributed by atoms with van der Waals surface area (Å²) in [7, 11) is 0.0448. The first kappa shape index (κ1) is 23.9. The first-order valence-corrected chi connectivity index (χ1v) is 9.26. The number of ether oxygens (including phenoxy) is 3. The number of halogens is 1. The number of anilines is 1. The van der Waals surface area contributed by atoms with Crippen molar-refractivity contribution in [3.05, 3.63) is 42.0 Å². The second-order valence-electron chi connectivity index (χ2n) is 5.41. The molecule has 1 amide bonds. The first-order valence-electron chi connectivity index (χ1n) is 7.78. The molecular weight excluding hydrogens is 424 g/mol. The number of nitrogens with zero attached hydrogens (tertiary/aromatic N) is 1. The predicted molar refractivity (Wildman–Crippen MR) is 111 cm³/mol. The number of carbonyl (C=O) groups excluding carboxylic acids is 1. The van der Waals surface area contributed by atoms with E-state index in [0.717, 1.165) is 6.07 Å². The van der Waals surface area contributed by atoms with E-state index in [9.17, 15) is 13.2 Å². The Kier molecular flexibility index (Phi) is 8.10. The number of methoxy groups -OCH3 is 3. The number of nitrogens with one attached hydrogen (secondary N) is 1. The van der Waals surface area contributed by atoms with Crippen LogP contribution in [0.4, 0.5) is 5.69 Å². The van der Waals surface area contributed by atoms with Crippen molar-refractivity contribution in [2.24, 2.45) is 16.5 Å². The number of carbonyl (C=O) groups is 1. The molecule has 0 unspecified atom stereocenters. The average Bonchev–Trinajstić information content (AvgIpc) is 2.66. The molecule has 0 radical (unpaired) electrons. The van der Waals surface area contributed by atoms with Crippen LogP contribution in [0.3, 0.4) is 0 Å². The minimum absolute atomic E-state index is 0. The van der Waals surface area contributed by atoms with Gasteiger partial charge in [0.05, 0.1) is 27.0 Å². The maximum absolute atomic E-state index is 12.9. The Morgan fingerprint density at radius 2 is 1.55 bits per heavy atom. The molecule has 10 nitrogen and oxygen atoms in total. The molecule has 158 valence electrons. The highest BCUT2D eigenvalue weighted by atomic mass is 35.5. The second kappa shape index (κ2) is 9.85. The van der Waals surface area contributed by atoms with Gasteiger partial charge in [0.15, 0.2) is 5.96 Å². The molecule has 29 heavy (non-hydrogen) atoms. The fourth-order valence-electron chi connectivity index (χ4n) is 2.28. The van der Waals surface area contributed by atoms with E-state index < -0.39 is 21.9 Å². The maximum Gasteiger partial charge on any atom is 0.280 e. The zero-order chi connectivity index (χ0) is 20.9. The highest BCUT2D eigenvalue weighted by Gasteiger charge is 2.22. The van der Waals surface area contributed by atoms with Crippen LogP contribution in [-0.4, -0.2) is 41.6 Å². The Morgan fingerprint density at radius 1 is 0.966 bits per heavy atom. The van der Waals surface area contributed by atoms with E-state index in [1.807, 2.05) is 0 Å². The summed E-state index contributed by atoms with van der Waals surface area (Å²) in [6, 6.07) is 8.33. The van der Waals surface area contributed by atoms with Crippen molar-refractivity contribution in [1.29, 1.82) is 0 Å². The summed E-state index contributed by atoms with van der Waals surface area (Å²) in [5.74, 6) is -0.418. The van der Waals surface area contributed by atoms with E-state index in [4.69, 9.17) is 25.7 Å². The van der Waals surface area contributed by atoms with Gasteiger partial charge < -0.3 is 25.7 Å². The van der Waals surface area contributed by atoms with Crippen LogP contribution < -0.4 is 30.4 Å². The number of amides is 1. The van der Waals surface area contributed by atoms with Gasteiger partial charge in [-0.25, -0.2) is 8.42 Å². The quantitative estimate of drug-likeness (QED) is 0.426. The van der Waals surface area contributed by atoms with Crippen molar-refractivity contribution < 1.29 is 27.4 Å². The van der Waals surface area contributed by atoms with Crippen LogP contribution in [0.15, 0.2) is 46.3 Å². The summed E-state index contributed by atoms with van der Waals surface area (Å²) >= 11 is 0. The summed E-state index contributed by atoms with van der Waals surface area (Å²) in [5, 5.41) is 0. The largest absolute Gasteiger partial charge is 0.497 e. The molecule has 0 spiro atoms. The molecule has 0 bridgehead atoms. The fraction of sp³-hybridized carbons (Fsp3) is 0.176. The monoisotopic (exact) mass is 444 g/mol. The van der Waals surface area contributed by atoms with Crippen molar-refractivity contribution in [3.8, 4) is 17.2 Å². The molecular formula is C17H21ClN4O6S. The van der Waals surface area contributed by atoms with Crippen LogP contribution in [0.2, 0.25) is 0 Å². The lowest BCUT2D eigenvalue weighted by molar-refractivity contribution is 0.100. The first-order chi connectivity index (χ1) is 13.2. The summed E-state index contributed by atoms with van der Waals surface area (Å²) in [6.07, 6.45) is 0. The van der Waals surface area contributed by atoms with Gasteiger partial charge in [-0.2, -0.15) is 4.99 Å². The number of aliphatic imine (C=N–C) groups is 1. The number of hydrogen-bond donors (Lipinski definition) is 3. The lowest BCUT2D eigenvalue weighted by Crippen LogP contribution is -2.24. The molecule has 0 saturated heterocycles. The Balaban J connectivity index is 0.00000420. The van der Waals surface area contributed by atoms with Gasteiger partial charge in [0.1, 0.15) is 22.1 Å². The van der Waals surface area contributed by atoms with Gasteiger partial charge >= 0.3 is 0 Å².